The number of anilines is 1. The summed E-state index contributed by atoms with van der Waals surface area (Å²) in [5.74, 6) is 0. The third kappa shape index (κ3) is 3.23. The number of rotatable bonds is 3. The van der Waals surface area contributed by atoms with E-state index in [2.05, 4.69) is 4.72 Å². The van der Waals surface area contributed by atoms with Crippen LogP contribution in [0.25, 0.3) is 0 Å². The fourth-order valence-electron chi connectivity index (χ4n) is 1.50. The molecular weight excluding hydrogens is 411 g/mol. The Balaban J connectivity index is 2.39. The lowest BCUT2D eigenvalue weighted by Gasteiger charge is -2.10. The van der Waals surface area contributed by atoms with Gasteiger partial charge in [-0.1, -0.05) is 23.7 Å². The molecule has 0 aliphatic carbocycles. The fourth-order valence-corrected chi connectivity index (χ4v) is 3.60. The van der Waals surface area contributed by atoms with Crippen molar-refractivity contribution in [2.75, 3.05) is 4.72 Å². The minimum Gasteiger partial charge on any atom is -0.279 e. The maximum Gasteiger partial charge on any atom is 0.261 e. The van der Waals surface area contributed by atoms with Crippen molar-refractivity contribution in [3.05, 3.63) is 56.6 Å². The number of benzene rings is 2. The predicted molar refractivity (Wildman–Crippen MR) is 86.1 cm³/mol. The molecule has 4 nitrogen and oxygen atoms in total. The summed E-state index contributed by atoms with van der Waals surface area (Å²) in [6.07, 6.45) is 0. The summed E-state index contributed by atoms with van der Waals surface area (Å²) in [5.41, 5.74) is 0.730. The zero-order chi connectivity index (χ0) is 14.8. The second-order valence-corrected chi connectivity index (χ2v) is 7.09. The van der Waals surface area contributed by atoms with Crippen molar-refractivity contribution in [2.45, 2.75) is 4.90 Å². The van der Waals surface area contributed by atoms with Gasteiger partial charge in [-0.3, -0.25) is 4.72 Å². The van der Waals surface area contributed by atoms with E-state index >= 15 is 0 Å². The predicted octanol–water partition coefficient (Wildman–Crippen LogP) is 3.62. The van der Waals surface area contributed by atoms with Gasteiger partial charge in [0.15, 0.2) is 0 Å². The van der Waals surface area contributed by atoms with Crippen LogP contribution in [-0.4, -0.2) is 8.42 Å². The number of nitrogens with one attached hydrogen (secondary N) is 1. The van der Waals surface area contributed by atoms with Crippen LogP contribution in [0.15, 0.2) is 47.4 Å². The van der Waals surface area contributed by atoms with Crippen molar-refractivity contribution in [1.82, 2.24) is 0 Å². The molecule has 2 rings (SSSR count). The van der Waals surface area contributed by atoms with E-state index in [1.807, 2.05) is 34.7 Å². The number of para-hydroxylation sites is 1. The van der Waals surface area contributed by atoms with Crippen LogP contribution in [0.2, 0.25) is 5.02 Å². The van der Waals surface area contributed by atoms with Crippen molar-refractivity contribution in [3.63, 3.8) is 0 Å². The zero-order valence-electron chi connectivity index (χ0n) is 9.97. The molecule has 0 aromatic heterocycles. The molecule has 0 fully saturated rings. The quantitative estimate of drug-likeness (QED) is 0.774. The maximum absolute atomic E-state index is 12.2. The Kier molecular flexibility index (Phi) is 4.52. The van der Waals surface area contributed by atoms with E-state index in [4.69, 9.17) is 16.9 Å². The third-order valence-electron chi connectivity index (χ3n) is 2.49. The highest BCUT2D eigenvalue weighted by Crippen LogP contribution is 2.24. The highest BCUT2D eigenvalue weighted by molar-refractivity contribution is 14.1. The zero-order valence-corrected chi connectivity index (χ0v) is 13.7. The molecule has 2 aromatic rings. The molecule has 0 heterocycles. The van der Waals surface area contributed by atoms with Crippen LogP contribution in [0.1, 0.15) is 5.56 Å². The largest absolute Gasteiger partial charge is 0.279 e. The molecule has 0 saturated heterocycles. The van der Waals surface area contributed by atoms with Gasteiger partial charge in [-0.25, -0.2) is 8.42 Å². The molecule has 0 unspecified atom stereocenters. The molecule has 7 heteroatoms. The third-order valence-corrected chi connectivity index (χ3v) is 5.11. The Morgan fingerprint density at radius 1 is 1.20 bits per heavy atom. The van der Waals surface area contributed by atoms with Crippen LogP contribution in [0, 0.1) is 14.9 Å². The van der Waals surface area contributed by atoms with E-state index in [1.54, 1.807) is 18.2 Å². The smallest absolute Gasteiger partial charge is 0.261 e. The minimum absolute atomic E-state index is 0.0150. The molecule has 1 N–H and O–H groups in total. The molecule has 20 heavy (non-hydrogen) atoms. The molecule has 2 aromatic carbocycles. The van der Waals surface area contributed by atoms with Gasteiger partial charge in [0.05, 0.1) is 21.2 Å². The van der Waals surface area contributed by atoms with Crippen molar-refractivity contribution in [1.29, 1.82) is 5.26 Å². The monoisotopic (exact) mass is 418 g/mol. The SMILES string of the molecule is N#Cc1ccc(S(=O)(=O)Nc2ccccc2I)cc1Cl. The Morgan fingerprint density at radius 3 is 2.50 bits per heavy atom. The van der Waals surface area contributed by atoms with Gasteiger partial charge < -0.3 is 0 Å². The average Bonchev–Trinajstić information content (AvgIpc) is 2.41. The number of hydrogen-bond donors (Lipinski definition) is 1. The molecule has 0 saturated carbocycles. The van der Waals surface area contributed by atoms with Gasteiger partial charge in [-0.15, -0.1) is 0 Å². The molecule has 0 radical (unpaired) electrons. The molecular formula is C13H8ClIN2O2S. The second-order valence-electron chi connectivity index (χ2n) is 3.84. The lowest BCUT2D eigenvalue weighted by Crippen LogP contribution is -2.13. The minimum atomic E-state index is -3.73. The van der Waals surface area contributed by atoms with Gasteiger partial charge in [0, 0.05) is 3.57 Å². The lowest BCUT2D eigenvalue weighted by atomic mass is 10.2. The van der Waals surface area contributed by atoms with Crippen molar-refractivity contribution in [2.24, 2.45) is 0 Å². The number of nitrogens with zero attached hydrogens (tertiary/aromatic N) is 1. The average molecular weight is 419 g/mol. The van der Waals surface area contributed by atoms with Crippen LogP contribution >= 0.6 is 34.2 Å². The summed E-state index contributed by atoms with van der Waals surface area (Å²) in [6, 6.07) is 12.9. The maximum atomic E-state index is 12.2. The first-order valence-corrected chi connectivity index (χ1v) is 8.35. The topological polar surface area (TPSA) is 70.0 Å². The first-order chi connectivity index (χ1) is 9.44. The number of nitriles is 1. The van der Waals surface area contributed by atoms with E-state index in [0.717, 1.165) is 3.57 Å². The summed E-state index contributed by atoms with van der Waals surface area (Å²) >= 11 is 7.90. The van der Waals surface area contributed by atoms with Crippen molar-refractivity contribution >= 4 is 49.9 Å². The molecule has 0 spiro atoms. The molecule has 0 amide bonds. The lowest BCUT2D eigenvalue weighted by molar-refractivity contribution is 0.601. The van der Waals surface area contributed by atoms with Crippen molar-refractivity contribution in [3.8, 4) is 6.07 Å². The molecule has 0 atom stereocenters. The van der Waals surface area contributed by atoms with Gasteiger partial charge in [-0.2, -0.15) is 5.26 Å². The molecule has 0 aliphatic rings. The van der Waals surface area contributed by atoms with E-state index in [9.17, 15) is 8.42 Å². The highest BCUT2D eigenvalue weighted by atomic mass is 127. The fraction of sp³-hybridized carbons (Fsp3) is 0. The van der Waals surface area contributed by atoms with Crippen LogP contribution < -0.4 is 4.72 Å². The normalized spacial score (nSPS) is 10.8. The van der Waals surface area contributed by atoms with Crippen molar-refractivity contribution < 1.29 is 8.42 Å². The second kappa shape index (κ2) is 5.99. The number of halogens is 2. The van der Waals surface area contributed by atoms with Crippen LogP contribution in [0.4, 0.5) is 5.69 Å². The molecule has 102 valence electrons. The van der Waals surface area contributed by atoms with Crippen LogP contribution in [0.5, 0.6) is 0 Å². The number of sulfonamides is 1. The summed E-state index contributed by atoms with van der Waals surface area (Å²) < 4.78 is 27.8. The standard InChI is InChI=1S/C13H8ClIN2O2S/c14-11-7-10(6-5-9(11)8-16)20(18,19)17-13-4-2-1-3-12(13)15/h1-7,17H. The van der Waals surface area contributed by atoms with Crippen LogP contribution in [-0.2, 0) is 10.0 Å². The van der Waals surface area contributed by atoms with Gasteiger partial charge in [0.25, 0.3) is 10.0 Å². The Labute approximate surface area is 135 Å². The van der Waals surface area contributed by atoms with E-state index < -0.39 is 10.0 Å². The summed E-state index contributed by atoms with van der Waals surface area (Å²) in [6.45, 7) is 0. The molecule has 0 bridgehead atoms. The Bertz CT molecular complexity index is 800. The Hall–Kier alpha value is -1.30. The first-order valence-electron chi connectivity index (χ1n) is 5.41. The first kappa shape index (κ1) is 15.1. The summed E-state index contributed by atoms with van der Waals surface area (Å²) in [7, 11) is -3.73. The van der Waals surface area contributed by atoms with E-state index in [0.29, 0.717) is 5.69 Å². The highest BCUT2D eigenvalue weighted by Gasteiger charge is 2.16. The van der Waals surface area contributed by atoms with Gasteiger partial charge in [0.2, 0.25) is 0 Å². The van der Waals surface area contributed by atoms with Gasteiger partial charge in [0.1, 0.15) is 6.07 Å². The van der Waals surface area contributed by atoms with Gasteiger partial charge >= 0.3 is 0 Å². The molecule has 0 aliphatic heterocycles. The Morgan fingerprint density at radius 2 is 1.90 bits per heavy atom. The van der Waals surface area contributed by atoms with Crippen LogP contribution in [0.3, 0.4) is 0 Å². The van der Waals surface area contributed by atoms with Gasteiger partial charge in [-0.05, 0) is 52.9 Å². The van der Waals surface area contributed by atoms with E-state index in [-0.39, 0.29) is 15.5 Å². The van der Waals surface area contributed by atoms with E-state index in [1.165, 1.54) is 18.2 Å². The summed E-state index contributed by atoms with van der Waals surface area (Å²) in [5, 5.41) is 8.89. The number of hydrogen-bond acceptors (Lipinski definition) is 3. The summed E-state index contributed by atoms with van der Waals surface area (Å²) in [4.78, 5) is 0.0150.